The van der Waals surface area contributed by atoms with Crippen LogP contribution in [0.5, 0.6) is 5.75 Å². The summed E-state index contributed by atoms with van der Waals surface area (Å²) in [5.41, 5.74) is 1.13. The van der Waals surface area contributed by atoms with E-state index in [1.807, 2.05) is 30.3 Å². The maximum Gasteiger partial charge on any atom is 0.262 e. The van der Waals surface area contributed by atoms with Crippen LogP contribution in [-0.4, -0.2) is 24.1 Å². The summed E-state index contributed by atoms with van der Waals surface area (Å²) in [6.07, 6.45) is 0. The van der Waals surface area contributed by atoms with Gasteiger partial charge in [-0.3, -0.25) is 9.59 Å². The number of Topliss-reactive ketones (excluding diaryl/α,β-unsaturated/α-hetero) is 1. The molecule has 0 saturated heterocycles. The number of ketones is 1. The number of carbonyl (C=O) groups is 2. The second-order valence-corrected chi connectivity index (χ2v) is 5.62. The summed E-state index contributed by atoms with van der Waals surface area (Å²) in [5, 5.41) is 2.71. The minimum Gasteiger partial charge on any atom is -0.482 e. The number of fused-ring (bicyclic) bond motifs is 1. The highest BCUT2D eigenvalue weighted by atomic mass is 32.2. The molecule has 0 atom stereocenters. The number of nitrogens with one attached hydrogen (secondary N) is 1. The van der Waals surface area contributed by atoms with Crippen molar-refractivity contribution in [3.63, 3.8) is 0 Å². The van der Waals surface area contributed by atoms with Gasteiger partial charge in [0.1, 0.15) is 5.75 Å². The molecule has 0 aromatic heterocycles. The molecular weight excluding hydrogens is 286 g/mol. The Kier molecular flexibility index (Phi) is 3.92. The number of carbonyl (C=O) groups excluding carboxylic acids is 2. The molecule has 106 valence electrons. The van der Waals surface area contributed by atoms with Crippen LogP contribution in [0.1, 0.15) is 10.4 Å². The summed E-state index contributed by atoms with van der Waals surface area (Å²) >= 11 is 1.49. The second kappa shape index (κ2) is 6.01. The number of ether oxygens (including phenoxy) is 1. The van der Waals surface area contributed by atoms with Gasteiger partial charge in [0, 0.05) is 10.5 Å². The van der Waals surface area contributed by atoms with Gasteiger partial charge in [0.05, 0.1) is 11.4 Å². The molecule has 4 nitrogen and oxygen atoms in total. The number of thioether (sulfide) groups is 1. The van der Waals surface area contributed by atoms with Crippen LogP contribution in [-0.2, 0) is 4.79 Å². The molecule has 21 heavy (non-hydrogen) atoms. The van der Waals surface area contributed by atoms with E-state index in [1.54, 1.807) is 18.2 Å². The highest BCUT2D eigenvalue weighted by molar-refractivity contribution is 8.00. The van der Waals surface area contributed by atoms with Gasteiger partial charge in [-0.05, 0) is 30.3 Å². The Morgan fingerprint density at radius 1 is 1.19 bits per heavy atom. The molecule has 1 aliphatic rings. The molecular formula is C16H13NO3S. The van der Waals surface area contributed by atoms with Crippen LogP contribution in [0, 0.1) is 0 Å². The van der Waals surface area contributed by atoms with Crippen molar-refractivity contribution in [1.82, 2.24) is 0 Å². The SMILES string of the molecule is O=C1COc2ccc(C(=O)CSc3ccccc3)cc2N1. The van der Waals surface area contributed by atoms with Crippen molar-refractivity contribution in [2.24, 2.45) is 0 Å². The van der Waals surface area contributed by atoms with Crippen molar-refractivity contribution < 1.29 is 14.3 Å². The van der Waals surface area contributed by atoms with Gasteiger partial charge in [0.2, 0.25) is 0 Å². The van der Waals surface area contributed by atoms with Gasteiger partial charge in [-0.25, -0.2) is 0 Å². The van der Waals surface area contributed by atoms with Crippen LogP contribution in [0.2, 0.25) is 0 Å². The normalized spacial score (nSPS) is 13.0. The number of hydrogen-bond donors (Lipinski definition) is 1. The van der Waals surface area contributed by atoms with Crippen molar-refractivity contribution >= 4 is 29.1 Å². The highest BCUT2D eigenvalue weighted by Gasteiger charge is 2.17. The van der Waals surface area contributed by atoms with Gasteiger partial charge in [-0.1, -0.05) is 18.2 Å². The van der Waals surface area contributed by atoms with E-state index in [1.165, 1.54) is 11.8 Å². The van der Waals surface area contributed by atoms with Crippen molar-refractivity contribution in [1.29, 1.82) is 0 Å². The quantitative estimate of drug-likeness (QED) is 0.696. The average molecular weight is 299 g/mol. The first-order valence-electron chi connectivity index (χ1n) is 6.50. The fourth-order valence-electron chi connectivity index (χ4n) is 2.01. The molecule has 0 fully saturated rings. The third-order valence-electron chi connectivity index (χ3n) is 3.05. The fourth-order valence-corrected chi connectivity index (χ4v) is 2.82. The highest BCUT2D eigenvalue weighted by Crippen LogP contribution is 2.29. The molecule has 2 aromatic carbocycles. The van der Waals surface area contributed by atoms with Crippen molar-refractivity contribution in [3.8, 4) is 5.75 Å². The monoisotopic (exact) mass is 299 g/mol. The first-order chi connectivity index (χ1) is 10.2. The summed E-state index contributed by atoms with van der Waals surface area (Å²) in [5.74, 6) is 0.775. The van der Waals surface area contributed by atoms with Crippen LogP contribution >= 0.6 is 11.8 Å². The molecule has 0 radical (unpaired) electrons. The van der Waals surface area contributed by atoms with Gasteiger partial charge in [0.25, 0.3) is 5.91 Å². The summed E-state index contributed by atoms with van der Waals surface area (Å²) in [7, 11) is 0. The molecule has 0 bridgehead atoms. The van der Waals surface area contributed by atoms with Gasteiger partial charge in [-0.15, -0.1) is 11.8 Å². The smallest absolute Gasteiger partial charge is 0.262 e. The molecule has 0 spiro atoms. The van der Waals surface area contributed by atoms with E-state index in [-0.39, 0.29) is 18.3 Å². The Hall–Kier alpha value is -2.27. The molecule has 5 heteroatoms. The third kappa shape index (κ3) is 3.25. The number of rotatable bonds is 4. The van der Waals surface area contributed by atoms with Crippen LogP contribution in [0.25, 0.3) is 0 Å². The zero-order valence-electron chi connectivity index (χ0n) is 11.2. The lowest BCUT2D eigenvalue weighted by Crippen LogP contribution is -2.25. The maximum atomic E-state index is 12.2. The van der Waals surface area contributed by atoms with Crippen LogP contribution < -0.4 is 10.1 Å². The number of anilines is 1. The predicted molar refractivity (Wildman–Crippen MR) is 82.1 cm³/mol. The molecule has 0 unspecified atom stereocenters. The molecule has 1 N–H and O–H groups in total. The minimum absolute atomic E-state index is 0.0180. The van der Waals surface area contributed by atoms with E-state index < -0.39 is 0 Å². The zero-order valence-corrected chi connectivity index (χ0v) is 12.0. The Morgan fingerprint density at radius 3 is 2.81 bits per heavy atom. The van der Waals surface area contributed by atoms with Crippen molar-refractivity contribution in [2.75, 3.05) is 17.7 Å². The molecule has 3 rings (SSSR count). The number of amides is 1. The van der Waals surface area contributed by atoms with Gasteiger partial charge in [-0.2, -0.15) is 0 Å². The summed E-state index contributed by atoms with van der Waals surface area (Å²) in [4.78, 5) is 24.6. The van der Waals surface area contributed by atoms with E-state index >= 15 is 0 Å². The fraction of sp³-hybridized carbons (Fsp3) is 0.125. The van der Waals surface area contributed by atoms with Crippen molar-refractivity contribution in [2.45, 2.75) is 4.90 Å². The van der Waals surface area contributed by atoms with Crippen molar-refractivity contribution in [3.05, 3.63) is 54.1 Å². The molecule has 1 aliphatic heterocycles. The van der Waals surface area contributed by atoms with Gasteiger partial charge < -0.3 is 10.1 Å². The standard InChI is InChI=1S/C16H13NO3S/c18-14(10-21-12-4-2-1-3-5-12)11-6-7-15-13(8-11)17-16(19)9-20-15/h1-8H,9-10H2,(H,17,19). The van der Waals surface area contributed by atoms with Gasteiger partial charge in [0.15, 0.2) is 12.4 Å². The van der Waals surface area contributed by atoms with E-state index in [9.17, 15) is 9.59 Å². The molecule has 1 amide bonds. The Balaban J connectivity index is 1.70. The van der Waals surface area contributed by atoms with Crippen LogP contribution in [0.4, 0.5) is 5.69 Å². The lowest BCUT2D eigenvalue weighted by molar-refractivity contribution is -0.118. The third-order valence-corrected chi connectivity index (χ3v) is 4.06. The average Bonchev–Trinajstić information content (AvgIpc) is 2.53. The summed E-state index contributed by atoms with van der Waals surface area (Å²) in [6.45, 7) is 0.0180. The second-order valence-electron chi connectivity index (χ2n) is 4.57. The Bertz CT molecular complexity index is 685. The molecule has 2 aromatic rings. The van der Waals surface area contributed by atoms with E-state index in [0.717, 1.165) is 4.90 Å². The maximum absolute atomic E-state index is 12.2. The zero-order chi connectivity index (χ0) is 14.7. The lowest BCUT2D eigenvalue weighted by Gasteiger charge is -2.18. The number of benzene rings is 2. The Morgan fingerprint density at radius 2 is 2.00 bits per heavy atom. The van der Waals surface area contributed by atoms with Gasteiger partial charge >= 0.3 is 0 Å². The summed E-state index contributed by atoms with van der Waals surface area (Å²) in [6, 6.07) is 14.9. The lowest BCUT2D eigenvalue weighted by atomic mass is 10.1. The first-order valence-corrected chi connectivity index (χ1v) is 7.49. The predicted octanol–water partition coefficient (Wildman–Crippen LogP) is 2.99. The first kappa shape index (κ1) is 13.7. The van der Waals surface area contributed by atoms with Crippen LogP contribution in [0.3, 0.4) is 0 Å². The molecule has 0 aliphatic carbocycles. The van der Waals surface area contributed by atoms with E-state index in [0.29, 0.717) is 22.8 Å². The van der Waals surface area contributed by atoms with E-state index in [2.05, 4.69) is 5.32 Å². The minimum atomic E-state index is -0.203. The topological polar surface area (TPSA) is 55.4 Å². The van der Waals surface area contributed by atoms with Crippen LogP contribution in [0.15, 0.2) is 53.4 Å². The Labute approximate surface area is 126 Å². The molecule has 1 heterocycles. The summed E-state index contributed by atoms with van der Waals surface area (Å²) < 4.78 is 5.27. The largest absolute Gasteiger partial charge is 0.482 e. The number of hydrogen-bond acceptors (Lipinski definition) is 4. The molecule has 0 saturated carbocycles. The van der Waals surface area contributed by atoms with E-state index in [4.69, 9.17) is 4.74 Å².